The van der Waals surface area contributed by atoms with Crippen molar-refractivity contribution in [1.29, 1.82) is 0 Å². The average Bonchev–Trinajstić information content (AvgIpc) is 3.21. The molecule has 1 N–H and O–H groups in total. The zero-order valence-electron chi connectivity index (χ0n) is 17.0. The van der Waals surface area contributed by atoms with E-state index in [9.17, 15) is 14.9 Å². The van der Waals surface area contributed by atoms with Gasteiger partial charge < -0.3 is 0 Å². The molecule has 1 heterocycles. The molecule has 1 amide bonds. The van der Waals surface area contributed by atoms with Crippen LogP contribution >= 0.6 is 15.9 Å². The molecule has 9 heteroatoms. The van der Waals surface area contributed by atoms with Gasteiger partial charge in [0.15, 0.2) is 0 Å². The molecule has 0 atom stereocenters. The molecule has 3 aromatic carbocycles. The Kier molecular flexibility index (Phi) is 6.09. The molecule has 4 aromatic rings. The number of rotatable bonds is 6. The van der Waals surface area contributed by atoms with Crippen molar-refractivity contribution in [1.82, 2.24) is 15.2 Å². The van der Waals surface area contributed by atoms with Crippen molar-refractivity contribution < 1.29 is 9.72 Å². The number of hydrogen-bond acceptors (Lipinski definition) is 5. The molecule has 32 heavy (non-hydrogen) atoms. The van der Waals surface area contributed by atoms with Crippen LogP contribution in [0.5, 0.6) is 0 Å². The highest BCUT2D eigenvalue weighted by atomic mass is 79.9. The first-order chi connectivity index (χ1) is 15.4. The van der Waals surface area contributed by atoms with Gasteiger partial charge in [-0.15, -0.1) is 0 Å². The lowest BCUT2D eigenvalue weighted by Gasteiger charge is -2.04. The topological polar surface area (TPSA) is 102 Å². The van der Waals surface area contributed by atoms with Crippen molar-refractivity contribution in [3.8, 4) is 0 Å². The Labute approximate surface area is 191 Å². The maximum Gasteiger partial charge on any atom is 0.320 e. The second-order valence-electron chi connectivity index (χ2n) is 7.15. The molecule has 0 fully saturated rings. The third kappa shape index (κ3) is 4.73. The summed E-state index contributed by atoms with van der Waals surface area (Å²) in [7, 11) is 0. The summed E-state index contributed by atoms with van der Waals surface area (Å²) in [4.78, 5) is 23.5. The molecule has 4 rings (SSSR count). The van der Waals surface area contributed by atoms with Crippen LogP contribution in [0.4, 0.5) is 5.69 Å². The fraction of sp³-hybridized carbons (Fsp3) is 0.0870. The van der Waals surface area contributed by atoms with E-state index in [-0.39, 0.29) is 17.9 Å². The third-order valence-electron chi connectivity index (χ3n) is 4.88. The van der Waals surface area contributed by atoms with Crippen molar-refractivity contribution in [2.75, 3.05) is 0 Å². The number of amides is 1. The standard InChI is InChI=1S/C23H18BrN5O3/c1-15(18-10-9-17-6-2-3-7-19(17)12-18)25-26-23(30)22-21(29(31)32)14-28(27-22)13-16-5-4-8-20(24)11-16/h2-12,14H,13H2,1H3,(H,26,30)/b25-15-. The van der Waals surface area contributed by atoms with Crippen LogP contribution in [0.15, 0.2) is 82.5 Å². The zero-order valence-corrected chi connectivity index (χ0v) is 18.6. The predicted octanol–water partition coefficient (Wildman–Crippen LogP) is 4.91. The minimum Gasteiger partial charge on any atom is -0.265 e. The quantitative estimate of drug-likeness (QED) is 0.235. The Morgan fingerprint density at radius 1 is 1.12 bits per heavy atom. The fourth-order valence-electron chi connectivity index (χ4n) is 3.28. The minimum atomic E-state index is -0.746. The van der Waals surface area contributed by atoms with Gasteiger partial charge in [0, 0.05) is 4.47 Å². The second-order valence-corrected chi connectivity index (χ2v) is 8.06. The smallest absolute Gasteiger partial charge is 0.265 e. The van der Waals surface area contributed by atoms with Crippen LogP contribution < -0.4 is 5.43 Å². The number of carbonyl (C=O) groups is 1. The maximum absolute atomic E-state index is 12.6. The zero-order chi connectivity index (χ0) is 22.7. The van der Waals surface area contributed by atoms with E-state index >= 15 is 0 Å². The highest BCUT2D eigenvalue weighted by molar-refractivity contribution is 9.10. The molecule has 0 saturated heterocycles. The number of carbonyl (C=O) groups excluding carboxylic acids is 1. The van der Waals surface area contributed by atoms with E-state index in [4.69, 9.17) is 0 Å². The Morgan fingerprint density at radius 3 is 2.66 bits per heavy atom. The van der Waals surface area contributed by atoms with Gasteiger partial charge in [-0.25, -0.2) is 5.43 Å². The first-order valence-corrected chi connectivity index (χ1v) is 10.5. The van der Waals surface area contributed by atoms with Gasteiger partial charge in [0.25, 0.3) is 5.91 Å². The summed E-state index contributed by atoms with van der Waals surface area (Å²) in [5, 5.41) is 21.9. The first kappa shape index (κ1) is 21.4. The van der Waals surface area contributed by atoms with Crippen molar-refractivity contribution >= 4 is 44.0 Å². The lowest BCUT2D eigenvalue weighted by atomic mass is 10.0. The predicted molar refractivity (Wildman–Crippen MR) is 126 cm³/mol. The van der Waals surface area contributed by atoms with Gasteiger partial charge in [0.1, 0.15) is 6.20 Å². The summed E-state index contributed by atoms with van der Waals surface area (Å²) in [5.41, 5.74) is 4.00. The van der Waals surface area contributed by atoms with E-state index < -0.39 is 10.8 Å². The van der Waals surface area contributed by atoms with E-state index in [1.165, 1.54) is 10.9 Å². The molecule has 160 valence electrons. The fourth-order valence-corrected chi connectivity index (χ4v) is 3.72. The second kappa shape index (κ2) is 9.11. The number of fused-ring (bicyclic) bond motifs is 1. The Hall–Kier alpha value is -3.85. The maximum atomic E-state index is 12.6. The number of halogens is 1. The van der Waals surface area contributed by atoms with Gasteiger partial charge >= 0.3 is 5.69 Å². The highest BCUT2D eigenvalue weighted by Gasteiger charge is 2.25. The molecule has 1 aromatic heterocycles. The molecule has 0 aliphatic carbocycles. The highest BCUT2D eigenvalue weighted by Crippen LogP contribution is 2.19. The van der Waals surface area contributed by atoms with Crippen LogP contribution in [0.3, 0.4) is 0 Å². The molecule has 0 aliphatic heterocycles. The van der Waals surface area contributed by atoms with E-state index in [0.29, 0.717) is 5.71 Å². The van der Waals surface area contributed by atoms with E-state index in [2.05, 4.69) is 31.6 Å². The lowest BCUT2D eigenvalue weighted by molar-refractivity contribution is -0.385. The van der Waals surface area contributed by atoms with Crippen molar-refractivity contribution in [2.45, 2.75) is 13.5 Å². The van der Waals surface area contributed by atoms with Gasteiger partial charge in [-0.3, -0.25) is 19.6 Å². The van der Waals surface area contributed by atoms with E-state index in [1.54, 1.807) is 6.92 Å². The van der Waals surface area contributed by atoms with E-state index in [0.717, 1.165) is 26.4 Å². The van der Waals surface area contributed by atoms with Gasteiger partial charge in [0.2, 0.25) is 5.69 Å². The molecule has 0 aliphatic rings. The number of nitrogens with zero attached hydrogens (tertiary/aromatic N) is 4. The molecule has 0 saturated carbocycles. The Bertz CT molecular complexity index is 1360. The number of hydrazone groups is 1. The number of hydrogen-bond donors (Lipinski definition) is 1. The largest absolute Gasteiger partial charge is 0.320 e. The number of nitro groups is 1. The number of nitrogens with one attached hydrogen (secondary N) is 1. The van der Waals surface area contributed by atoms with Gasteiger partial charge in [0.05, 0.1) is 17.2 Å². The SMILES string of the molecule is C/C(=N/NC(=O)c1nn(Cc2cccc(Br)c2)cc1[N+](=O)[O-])c1ccc2ccccc2c1. The Balaban J connectivity index is 1.55. The number of benzene rings is 3. The van der Waals surface area contributed by atoms with E-state index in [1.807, 2.05) is 66.7 Å². The van der Waals surface area contributed by atoms with Crippen molar-refractivity contribution in [3.63, 3.8) is 0 Å². The molecular formula is C23H18BrN5O3. The third-order valence-corrected chi connectivity index (χ3v) is 5.37. The summed E-state index contributed by atoms with van der Waals surface area (Å²) >= 11 is 3.39. The normalized spacial score (nSPS) is 11.5. The number of aromatic nitrogens is 2. The lowest BCUT2D eigenvalue weighted by Crippen LogP contribution is -2.21. The summed E-state index contributed by atoms with van der Waals surface area (Å²) in [5.74, 6) is -0.746. The van der Waals surface area contributed by atoms with Crippen LogP contribution in [0.25, 0.3) is 10.8 Å². The molecule has 0 unspecified atom stereocenters. The summed E-state index contributed by atoms with van der Waals surface area (Å²) in [6, 6.07) is 21.2. The van der Waals surface area contributed by atoms with Crippen molar-refractivity contribution in [2.24, 2.45) is 5.10 Å². The molecule has 0 bridgehead atoms. The summed E-state index contributed by atoms with van der Waals surface area (Å²) < 4.78 is 2.25. The van der Waals surface area contributed by atoms with Gasteiger partial charge in [-0.2, -0.15) is 10.2 Å². The van der Waals surface area contributed by atoms with Crippen LogP contribution in [-0.4, -0.2) is 26.3 Å². The average molecular weight is 492 g/mol. The minimum absolute atomic E-state index is 0.285. The van der Waals surface area contributed by atoms with Crippen LogP contribution in [0.1, 0.15) is 28.5 Å². The molecular weight excluding hydrogens is 474 g/mol. The van der Waals surface area contributed by atoms with Crippen molar-refractivity contribution in [3.05, 3.63) is 104 Å². The summed E-state index contributed by atoms with van der Waals surface area (Å²) in [6.07, 6.45) is 1.25. The monoisotopic (exact) mass is 491 g/mol. The van der Waals surface area contributed by atoms with Crippen LogP contribution in [-0.2, 0) is 6.54 Å². The molecule has 8 nitrogen and oxygen atoms in total. The molecule has 0 radical (unpaired) electrons. The van der Waals surface area contributed by atoms with Crippen LogP contribution in [0.2, 0.25) is 0 Å². The molecule has 0 spiro atoms. The first-order valence-electron chi connectivity index (χ1n) is 9.71. The Morgan fingerprint density at radius 2 is 1.91 bits per heavy atom. The van der Waals surface area contributed by atoms with Crippen LogP contribution in [0, 0.1) is 10.1 Å². The summed E-state index contributed by atoms with van der Waals surface area (Å²) in [6.45, 7) is 2.04. The van der Waals surface area contributed by atoms with Gasteiger partial charge in [-0.1, -0.05) is 64.5 Å². The van der Waals surface area contributed by atoms with Gasteiger partial charge in [-0.05, 0) is 47.0 Å².